The predicted molar refractivity (Wildman–Crippen MR) is 100 cm³/mol. The number of allylic oxidation sites excluding steroid dienone is 1. The summed E-state index contributed by atoms with van der Waals surface area (Å²) in [5.41, 5.74) is 9.22. The molecule has 1 amide bonds. The predicted octanol–water partition coefficient (Wildman–Crippen LogP) is 3.03. The van der Waals surface area contributed by atoms with Crippen molar-refractivity contribution < 1.29 is 4.79 Å². The van der Waals surface area contributed by atoms with Crippen molar-refractivity contribution in [2.24, 2.45) is 0 Å². The summed E-state index contributed by atoms with van der Waals surface area (Å²) in [4.78, 5) is 21.2. The summed E-state index contributed by atoms with van der Waals surface area (Å²) >= 11 is 0. The van der Waals surface area contributed by atoms with Crippen LogP contribution in [0.5, 0.6) is 0 Å². The maximum atomic E-state index is 12.8. The molecule has 132 valence electrons. The molecular weight excluding hydrogens is 314 g/mol. The van der Waals surface area contributed by atoms with Crippen molar-refractivity contribution in [2.75, 3.05) is 25.9 Å². The molecule has 1 aromatic carbocycles. The average Bonchev–Trinajstić information content (AvgIpc) is 3.11. The fourth-order valence-corrected chi connectivity index (χ4v) is 3.20. The third kappa shape index (κ3) is 3.68. The number of benzene rings is 1. The van der Waals surface area contributed by atoms with E-state index in [1.807, 2.05) is 43.1 Å². The third-order valence-corrected chi connectivity index (χ3v) is 4.86. The zero-order valence-electron chi connectivity index (χ0n) is 14.9. The topological polar surface area (TPSA) is 67.4 Å². The number of nitrogen functional groups attached to an aromatic ring is 1. The molecule has 2 heterocycles. The van der Waals surface area contributed by atoms with Gasteiger partial charge in [0.05, 0.1) is 5.69 Å². The highest BCUT2D eigenvalue weighted by Gasteiger charge is 2.26. The molecule has 0 unspecified atom stereocenters. The lowest BCUT2D eigenvalue weighted by molar-refractivity contribution is 0.151. The standard InChI is InChI=1S/C19H25N5O/c1-14(2)23-10-8-17(9-11-23)22(3)19(25)24-12-18(21-13-24)15-4-6-16(20)7-5-15/h4-7,12-13,17H,1,8-11,20H2,2-3H3. The first-order valence-corrected chi connectivity index (χ1v) is 8.53. The Morgan fingerprint density at radius 1 is 1.28 bits per heavy atom. The lowest BCUT2D eigenvalue weighted by Crippen LogP contribution is -2.46. The molecule has 2 aromatic rings. The number of piperidine rings is 1. The number of carbonyl (C=O) groups is 1. The van der Waals surface area contributed by atoms with Gasteiger partial charge in [-0.2, -0.15) is 0 Å². The van der Waals surface area contributed by atoms with E-state index in [4.69, 9.17) is 5.73 Å². The SMILES string of the molecule is C=C(C)N1CCC(N(C)C(=O)n2cnc(-c3ccc(N)cc3)c2)CC1. The molecule has 1 aliphatic rings. The van der Waals surface area contributed by atoms with E-state index in [0.29, 0.717) is 5.69 Å². The van der Waals surface area contributed by atoms with Gasteiger partial charge in [0.25, 0.3) is 0 Å². The van der Waals surface area contributed by atoms with Crippen LogP contribution in [0.2, 0.25) is 0 Å². The van der Waals surface area contributed by atoms with E-state index in [0.717, 1.165) is 42.9 Å². The minimum absolute atomic E-state index is 0.0528. The summed E-state index contributed by atoms with van der Waals surface area (Å²) in [5.74, 6) is 0. The molecule has 6 heteroatoms. The van der Waals surface area contributed by atoms with Gasteiger partial charge in [0.1, 0.15) is 6.33 Å². The molecule has 25 heavy (non-hydrogen) atoms. The number of aromatic nitrogens is 2. The molecule has 1 saturated heterocycles. The molecule has 0 radical (unpaired) electrons. The fourth-order valence-electron chi connectivity index (χ4n) is 3.20. The van der Waals surface area contributed by atoms with Crippen molar-refractivity contribution >= 4 is 11.7 Å². The number of hydrogen-bond acceptors (Lipinski definition) is 4. The van der Waals surface area contributed by atoms with E-state index in [2.05, 4.69) is 16.5 Å². The zero-order valence-corrected chi connectivity index (χ0v) is 14.9. The Morgan fingerprint density at radius 2 is 1.92 bits per heavy atom. The Bertz CT molecular complexity index is 756. The van der Waals surface area contributed by atoms with Crippen LogP contribution in [0, 0.1) is 0 Å². The van der Waals surface area contributed by atoms with E-state index in [1.165, 1.54) is 0 Å². The summed E-state index contributed by atoms with van der Waals surface area (Å²) in [5, 5.41) is 0. The number of anilines is 1. The fraction of sp³-hybridized carbons (Fsp3) is 0.368. The number of likely N-dealkylation sites (tertiary alicyclic amines) is 1. The zero-order chi connectivity index (χ0) is 18.0. The molecule has 2 N–H and O–H groups in total. The molecule has 0 spiro atoms. The smallest absolute Gasteiger partial charge is 0.329 e. The molecule has 6 nitrogen and oxygen atoms in total. The Labute approximate surface area is 148 Å². The van der Waals surface area contributed by atoms with Gasteiger partial charge in [-0.15, -0.1) is 0 Å². The van der Waals surface area contributed by atoms with Crippen LogP contribution in [0.1, 0.15) is 19.8 Å². The second-order valence-corrected chi connectivity index (χ2v) is 6.64. The van der Waals surface area contributed by atoms with Gasteiger partial charge < -0.3 is 15.5 Å². The van der Waals surface area contributed by atoms with Gasteiger partial charge >= 0.3 is 6.03 Å². The van der Waals surface area contributed by atoms with Crippen LogP contribution in [-0.2, 0) is 0 Å². The second-order valence-electron chi connectivity index (χ2n) is 6.64. The Balaban J connectivity index is 1.67. The van der Waals surface area contributed by atoms with Crippen LogP contribution in [-0.4, -0.2) is 51.6 Å². The second kappa shape index (κ2) is 7.01. The number of rotatable bonds is 3. The molecule has 1 fully saturated rings. The van der Waals surface area contributed by atoms with Gasteiger partial charge in [0.15, 0.2) is 0 Å². The normalized spacial score (nSPS) is 15.2. The summed E-state index contributed by atoms with van der Waals surface area (Å²) in [6, 6.07) is 7.66. The van der Waals surface area contributed by atoms with Crippen LogP contribution in [0.4, 0.5) is 10.5 Å². The van der Waals surface area contributed by atoms with E-state index < -0.39 is 0 Å². The molecule has 0 saturated carbocycles. The monoisotopic (exact) mass is 339 g/mol. The van der Waals surface area contributed by atoms with Gasteiger partial charge in [-0.1, -0.05) is 18.7 Å². The van der Waals surface area contributed by atoms with Crippen LogP contribution in [0.15, 0.2) is 49.1 Å². The van der Waals surface area contributed by atoms with Crippen molar-refractivity contribution in [3.05, 3.63) is 49.1 Å². The van der Waals surface area contributed by atoms with E-state index in [-0.39, 0.29) is 12.1 Å². The Kier molecular flexibility index (Phi) is 4.79. The molecule has 0 aliphatic carbocycles. The van der Waals surface area contributed by atoms with Crippen LogP contribution < -0.4 is 5.73 Å². The minimum Gasteiger partial charge on any atom is -0.399 e. The number of imidazole rings is 1. The van der Waals surface area contributed by atoms with Crippen molar-refractivity contribution in [3.63, 3.8) is 0 Å². The molecule has 0 atom stereocenters. The van der Waals surface area contributed by atoms with Crippen molar-refractivity contribution in [1.29, 1.82) is 0 Å². The minimum atomic E-state index is -0.0528. The first-order valence-electron chi connectivity index (χ1n) is 8.53. The lowest BCUT2D eigenvalue weighted by atomic mass is 10.0. The number of nitrogens with zero attached hydrogens (tertiary/aromatic N) is 4. The Hall–Kier alpha value is -2.76. The number of amides is 1. The van der Waals surface area contributed by atoms with Gasteiger partial charge in [-0.25, -0.2) is 9.78 Å². The maximum Gasteiger partial charge on any atom is 0.329 e. The summed E-state index contributed by atoms with van der Waals surface area (Å²) in [7, 11) is 1.87. The van der Waals surface area contributed by atoms with Gasteiger partial charge in [0.2, 0.25) is 0 Å². The van der Waals surface area contributed by atoms with Crippen molar-refractivity contribution in [1.82, 2.24) is 19.4 Å². The first kappa shape index (κ1) is 17.1. The highest BCUT2D eigenvalue weighted by molar-refractivity contribution is 5.78. The molecular formula is C19H25N5O. The van der Waals surface area contributed by atoms with Crippen molar-refractivity contribution in [3.8, 4) is 11.3 Å². The van der Waals surface area contributed by atoms with E-state index >= 15 is 0 Å². The lowest BCUT2D eigenvalue weighted by Gasteiger charge is -2.37. The van der Waals surface area contributed by atoms with Gasteiger partial charge in [0, 0.05) is 49.3 Å². The first-order chi connectivity index (χ1) is 12.0. The van der Waals surface area contributed by atoms with Crippen molar-refractivity contribution in [2.45, 2.75) is 25.8 Å². The van der Waals surface area contributed by atoms with Crippen LogP contribution >= 0.6 is 0 Å². The third-order valence-electron chi connectivity index (χ3n) is 4.86. The van der Waals surface area contributed by atoms with E-state index in [9.17, 15) is 4.79 Å². The van der Waals surface area contributed by atoms with Crippen LogP contribution in [0.25, 0.3) is 11.3 Å². The average molecular weight is 339 g/mol. The highest BCUT2D eigenvalue weighted by Crippen LogP contribution is 2.21. The van der Waals surface area contributed by atoms with Gasteiger partial charge in [-0.05, 0) is 31.9 Å². The number of nitrogens with two attached hydrogens (primary N) is 1. The number of carbonyl (C=O) groups excluding carboxylic acids is 1. The van der Waals surface area contributed by atoms with E-state index in [1.54, 1.807) is 17.1 Å². The molecule has 1 aliphatic heterocycles. The molecule has 3 rings (SSSR count). The van der Waals surface area contributed by atoms with Gasteiger partial charge in [-0.3, -0.25) is 4.57 Å². The summed E-state index contributed by atoms with van der Waals surface area (Å²) in [6.45, 7) is 7.91. The summed E-state index contributed by atoms with van der Waals surface area (Å²) < 4.78 is 1.55. The Morgan fingerprint density at radius 3 is 2.52 bits per heavy atom. The number of hydrogen-bond donors (Lipinski definition) is 1. The summed E-state index contributed by atoms with van der Waals surface area (Å²) in [6.07, 6.45) is 5.25. The largest absolute Gasteiger partial charge is 0.399 e. The molecule has 0 bridgehead atoms. The van der Waals surface area contributed by atoms with Crippen LogP contribution in [0.3, 0.4) is 0 Å². The highest BCUT2D eigenvalue weighted by atomic mass is 16.2. The quantitative estimate of drug-likeness (QED) is 0.873. The molecule has 1 aromatic heterocycles. The maximum absolute atomic E-state index is 12.8.